The van der Waals surface area contributed by atoms with Crippen LogP contribution in [-0.2, 0) is 0 Å². The molecule has 0 fully saturated rings. The summed E-state index contributed by atoms with van der Waals surface area (Å²) in [7, 11) is 1.77. The number of hydrogen-bond donors (Lipinski definition) is 2. The van der Waals surface area contributed by atoms with Gasteiger partial charge in [-0.3, -0.25) is 0 Å². The van der Waals surface area contributed by atoms with Gasteiger partial charge in [-0.25, -0.2) is 0 Å². The highest BCUT2D eigenvalue weighted by Crippen LogP contribution is 2.22. The second-order valence-corrected chi connectivity index (χ2v) is 3.32. The second kappa shape index (κ2) is 5.86. The molecule has 0 radical (unpaired) electrons. The topological polar surface area (TPSA) is 41.5 Å². The van der Waals surface area contributed by atoms with Crippen molar-refractivity contribution >= 4 is 11.6 Å². The Labute approximate surface area is 88.7 Å². The third kappa shape index (κ3) is 3.18. The van der Waals surface area contributed by atoms with Crippen molar-refractivity contribution in [2.24, 2.45) is 0 Å². The van der Waals surface area contributed by atoms with Gasteiger partial charge < -0.3 is 15.2 Å². The quantitative estimate of drug-likeness (QED) is 0.778. The number of halogens is 1. The molecule has 0 aliphatic carbocycles. The predicted octanol–water partition coefficient (Wildman–Crippen LogP) is 1.30. The van der Waals surface area contributed by atoms with E-state index in [2.05, 4.69) is 5.32 Å². The number of hydrogen-bond acceptors (Lipinski definition) is 3. The Hall–Kier alpha value is -0.770. The lowest BCUT2D eigenvalue weighted by Gasteiger charge is -2.14. The van der Waals surface area contributed by atoms with Crippen LogP contribution in [0, 0.1) is 0 Å². The van der Waals surface area contributed by atoms with Crippen LogP contribution in [-0.4, -0.2) is 31.4 Å². The van der Waals surface area contributed by atoms with E-state index in [0.717, 1.165) is 0 Å². The molecule has 0 saturated heterocycles. The first-order valence-corrected chi connectivity index (χ1v) is 4.81. The number of aliphatic hydroxyl groups is 1. The third-order valence-corrected chi connectivity index (χ3v) is 2.22. The lowest BCUT2D eigenvalue weighted by Crippen LogP contribution is -2.34. The van der Waals surface area contributed by atoms with Crippen molar-refractivity contribution in [1.29, 1.82) is 0 Å². The Morgan fingerprint density at radius 2 is 2.21 bits per heavy atom. The molecule has 3 nitrogen and oxygen atoms in total. The fourth-order valence-corrected chi connectivity index (χ4v) is 1.17. The van der Waals surface area contributed by atoms with Gasteiger partial charge in [0.25, 0.3) is 0 Å². The van der Waals surface area contributed by atoms with E-state index < -0.39 is 0 Å². The van der Waals surface area contributed by atoms with Gasteiger partial charge in [0, 0.05) is 0 Å². The summed E-state index contributed by atoms with van der Waals surface area (Å²) in [4.78, 5) is 0. The maximum absolute atomic E-state index is 8.90. The summed E-state index contributed by atoms with van der Waals surface area (Å²) in [6.07, 6.45) is 0. The molecule has 1 atom stereocenters. The molecule has 0 bridgehead atoms. The molecule has 2 N–H and O–H groups in total. The van der Waals surface area contributed by atoms with E-state index in [0.29, 0.717) is 17.4 Å². The van der Waals surface area contributed by atoms with Gasteiger partial charge in [0.05, 0.1) is 17.7 Å². The van der Waals surface area contributed by atoms with E-state index in [1.54, 1.807) is 19.2 Å². The van der Waals surface area contributed by atoms with Crippen LogP contribution in [0.25, 0.3) is 0 Å². The van der Waals surface area contributed by atoms with Crippen LogP contribution in [0.15, 0.2) is 24.3 Å². The number of rotatable bonds is 5. The smallest absolute Gasteiger partial charge is 0.137 e. The fraction of sp³-hybridized carbons (Fsp3) is 0.400. The number of nitrogens with one attached hydrogen (secondary N) is 1. The highest BCUT2D eigenvalue weighted by Gasteiger charge is 2.06. The minimum atomic E-state index is -0.0636. The highest BCUT2D eigenvalue weighted by molar-refractivity contribution is 6.32. The van der Waals surface area contributed by atoms with Crippen molar-refractivity contribution in [2.75, 3.05) is 20.3 Å². The Balaban J connectivity index is 2.49. The lowest BCUT2D eigenvalue weighted by molar-refractivity contribution is 0.189. The molecule has 1 unspecified atom stereocenters. The molecular formula is C10H14ClNO2. The number of benzene rings is 1. The van der Waals surface area contributed by atoms with Gasteiger partial charge in [-0.05, 0) is 19.2 Å². The van der Waals surface area contributed by atoms with Crippen molar-refractivity contribution in [3.8, 4) is 5.75 Å². The molecule has 0 aliphatic heterocycles. The van der Waals surface area contributed by atoms with Gasteiger partial charge in [-0.2, -0.15) is 0 Å². The molecule has 1 aromatic rings. The summed E-state index contributed by atoms with van der Waals surface area (Å²) in [5, 5.41) is 12.4. The number of para-hydroxylation sites is 1. The summed E-state index contributed by atoms with van der Waals surface area (Å²) in [5.74, 6) is 0.642. The largest absolute Gasteiger partial charge is 0.490 e. The van der Waals surface area contributed by atoms with Crippen molar-refractivity contribution in [1.82, 2.24) is 5.32 Å². The van der Waals surface area contributed by atoms with Crippen LogP contribution in [0.1, 0.15) is 0 Å². The van der Waals surface area contributed by atoms with Gasteiger partial charge in [0.2, 0.25) is 0 Å². The Morgan fingerprint density at radius 1 is 1.50 bits per heavy atom. The van der Waals surface area contributed by atoms with Gasteiger partial charge >= 0.3 is 0 Å². The Bertz CT molecular complexity index is 277. The van der Waals surface area contributed by atoms with Gasteiger partial charge in [-0.15, -0.1) is 0 Å². The van der Waals surface area contributed by atoms with Gasteiger partial charge in [-0.1, -0.05) is 23.7 Å². The molecular weight excluding hydrogens is 202 g/mol. The average molecular weight is 216 g/mol. The summed E-state index contributed by atoms with van der Waals surface area (Å²) in [5.41, 5.74) is 0. The van der Waals surface area contributed by atoms with Crippen LogP contribution < -0.4 is 10.1 Å². The van der Waals surface area contributed by atoms with E-state index in [1.807, 2.05) is 12.1 Å². The van der Waals surface area contributed by atoms with Crippen LogP contribution in [0.3, 0.4) is 0 Å². The van der Waals surface area contributed by atoms with Gasteiger partial charge in [0.1, 0.15) is 12.4 Å². The second-order valence-electron chi connectivity index (χ2n) is 2.91. The molecule has 78 valence electrons. The maximum Gasteiger partial charge on any atom is 0.137 e. The summed E-state index contributed by atoms with van der Waals surface area (Å²) in [6.45, 7) is 0.442. The average Bonchev–Trinajstić information content (AvgIpc) is 2.22. The molecule has 0 spiro atoms. The van der Waals surface area contributed by atoms with Crippen molar-refractivity contribution in [2.45, 2.75) is 6.04 Å². The molecule has 1 aromatic carbocycles. The highest BCUT2D eigenvalue weighted by atomic mass is 35.5. The minimum absolute atomic E-state index is 0.0426. The van der Waals surface area contributed by atoms with Crippen LogP contribution in [0.4, 0.5) is 0 Å². The monoisotopic (exact) mass is 215 g/mol. The van der Waals surface area contributed by atoms with E-state index >= 15 is 0 Å². The zero-order chi connectivity index (χ0) is 10.4. The first-order chi connectivity index (χ1) is 6.77. The summed E-state index contributed by atoms with van der Waals surface area (Å²) < 4.78 is 5.43. The molecule has 1 rings (SSSR count). The molecule has 0 heterocycles. The maximum atomic E-state index is 8.90. The Morgan fingerprint density at radius 3 is 2.79 bits per heavy atom. The van der Waals surface area contributed by atoms with Crippen LogP contribution in [0.2, 0.25) is 5.02 Å². The van der Waals surface area contributed by atoms with Crippen molar-refractivity contribution in [3.05, 3.63) is 29.3 Å². The SMILES string of the molecule is CNC(CO)COc1ccccc1Cl. The van der Waals surface area contributed by atoms with E-state index in [-0.39, 0.29) is 12.6 Å². The first-order valence-electron chi connectivity index (χ1n) is 4.43. The van der Waals surface area contributed by atoms with E-state index in [4.69, 9.17) is 21.4 Å². The molecule has 0 aliphatic rings. The predicted molar refractivity (Wildman–Crippen MR) is 56.9 cm³/mol. The normalized spacial score (nSPS) is 12.5. The lowest BCUT2D eigenvalue weighted by atomic mass is 10.3. The summed E-state index contributed by atoms with van der Waals surface area (Å²) in [6, 6.07) is 7.20. The third-order valence-electron chi connectivity index (χ3n) is 1.91. The Kier molecular flexibility index (Phi) is 4.73. The fourth-order valence-electron chi connectivity index (χ4n) is 0.979. The molecule has 0 amide bonds. The van der Waals surface area contributed by atoms with Gasteiger partial charge in [0.15, 0.2) is 0 Å². The van der Waals surface area contributed by atoms with Crippen molar-refractivity contribution in [3.63, 3.8) is 0 Å². The number of ether oxygens (including phenoxy) is 1. The molecule has 4 heteroatoms. The van der Waals surface area contributed by atoms with Crippen molar-refractivity contribution < 1.29 is 9.84 Å². The van der Waals surface area contributed by atoms with Crippen LogP contribution in [0.5, 0.6) is 5.75 Å². The summed E-state index contributed by atoms with van der Waals surface area (Å²) >= 11 is 5.89. The molecule has 0 aromatic heterocycles. The van der Waals surface area contributed by atoms with E-state index in [1.165, 1.54) is 0 Å². The standard InChI is InChI=1S/C10H14ClNO2/c1-12-8(6-13)7-14-10-5-3-2-4-9(10)11/h2-5,8,12-13H,6-7H2,1H3. The molecule has 14 heavy (non-hydrogen) atoms. The zero-order valence-electron chi connectivity index (χ0n) is 8.03. The first kappa shape index (κ1) is 11.3. The minimum Gasteiger partial charge on any atom is -0.490 e. The van der Waals surface area contributed by atoms with E-state index in [9.17, 15) is 0 Å². The number of likely N-dealkylation sites (N-methyl/N-ethyl adjacent to an activating group) is 1. The molecule has 0 saturated carbocycles. The number of aliphatic hydroxyl groups excluding tert-OH is 1. The zero-order valence-corrected chi connectivity index (χ0v) is 8.79. The van der Waals surface area contributed by atoms with Crippen LogP contribution >= 0.6 is 11.6 Å².